The van der Waals surface area contributed by atoms with E-state index in [0.717, 1.165) is 5.69 Å². The SMILES string of the molecule is CCn1c(C)cc(C)c(C(=O)N2CCCC(O)(CO)C2)c1=O. The van der Waals surface area contributed by atoms with Crippen LogP contribution in [0.2, 0.25) is 0 Å². The van der Waals surface area contributed by atoms with Crippen LogP contribution in [0.5, 0.6) is 0 Å². The molecular formula is C16H24N2O4. The van der Waals surface area contributed by atoms with Gasteiger partial charge in [-0.25, -0.2) is 0 Å². The molecule has 0 aliphatic carbocycles. The molecule has 22 heavy (non-hydrogen) atoms. The molecule has 1 aromatic rings. The lowest BCUT2D eigenvalue weighted by Gasteiger charge is -2.38. The molecule has 0 saturated carbocycles. The molecule has 6 nitrogen and oxygen atoms in total. The molecule has 1 fully saturated rings. The minimum atomic E-state index is -1.27. The number of β-amino-alcohol motifs (C(OH)–C–C–N with tert-alkyl or cyclic N) is 1. The molecule has 2 heterocycles. The average Bonchev–Trinajstić information content (AvgIpc) is 2.47. The largest absolute Gasteiger partial charge is 0.393 e. The van der Waals surface area contributed by atoms with Gasteiger partial charge in [-0.2, -0.15) is 0 Å². The highest BCUT2D eigenvalue weighted by atomic mass is 16.3. The second-order valence-corrected chi connectivity index (χ2v) is 6.11. The fraction of sp³-hybridized carbons (Fsp3) is 0.625. The smallest absolute Gasteiger partial charge is 0.263 e. The van der Waals surface area contributed by atoms with E-state index in [-0.39, 0.29) is 30.2 Å². The number of aryl methyl sites for hydroxylation is 2. The zero-order valence-corrected chi connectivity index (χ0v) is 13.4. The Balaban J connectivity index is 2.40. The third-order valence-electron chi connectivity index (χ3n) is 4.37. The molecule has 1 saturated heterocycles. The van der Waals surface area contributed by atoms with E-state index in [2.05, 4.69) is 0 Å². The molecule has 0 radical (unpaired) electrons. The Kier molecular flexibility index (Phi) is 4.72. The Morgan fingerprint density at radius 2 is 2.09 bits per heavy atom. The molecule has 1 atom stereocenters. The molecule has 2 N–H and O–H groups in total. The number of amides is 1. The molecule has 0 bridgehead atoms. The third kappa shape index (κ3) is 2.94. The van der Waals surface area contributed by atoms with Crippen molar-refractivity contribution in [3.8, 4) is 0 Å². The van der Waals surface area contributed by atoms with Crippen molar-refractivity contribution in [3.63, 3.8) is 0 Å². The van der Waals surface area contributed by atoms with Crippen LogP contribution in [0.3, 0.4) is 0 Å². The first-order chi connectivity index (χ1) is 10.3. The summed E-state index contributed by atoms with van der Waals surface area (Å²) in [5, 5.41) is 19.5. The van der Waals surface area contributed by atoms with Crippen molar-refractivity contribution < 1.29 is 15.0 Å². The molecular weight excluding hydrogens is 284 g/mol. The van der Waals surface area contributed by atoms with Crippen molar-refractivity contribution >= 4 is 5.91 Å². The molecule has 0 spiro atoms. The van der Waals surface area contributed by atoms with Crippen molar-refractivity contribution in [2.75, 3.05) is 19.7 Å². The average molecular weight is 308 g/mol. The van der Waals surface area contributed by atoms with Gasteiger partial charge >= 0.3 is 0 Å². The molecule has 0 aromatic carbocycles. The monoisotopic (exact) mass is 308 g/mol. The molecule has 122 valence electrons. The predicted octanol–water partition coefficient (Wildman–Crippen LogP) is 0.444. The Hall–Kier alpha value is -1.66. The topological polar surface area (TPSA) is 82.8 Å². The quantitative estimate of drug-likeness (QED) is 0.849. The van der Waals surface area contributed by atoms with Gasteiger partial charge in [-0.15, -0.1) is 0 Å². The summed E-state index contributed by atoms with van der Waals surface area (Å²) in [4.78, 5) is 26.8. The van der Waals surface area contributed by atoms with Crippen molar-refractivity contribution in [2.24, 2.45) is 0 Å². The van der Waals surface area contributed by atoms with Crippen LogP contribution in [0.15, 0.2) is 10.9 Å². The number of rotatable bonds is 3. The van der Waals surface area contributed by atoms with Crippen molar-refractivity contribution in [1.82, 2.24) is 9.47 Å². The molecule has 1 aliphatic heterocycles. The number of carbonyl (C=O) groups excluding carboxylic acids is 1. The Morgan fingerprint density at radius 3 is 2.68 bits per heavy atom. The van der Waals surface area contributed by atoms with E-state index in [1.165, 1.54) is 4.90 Å². The van der Waals surface area contributed by atoms with E-state index in [0.29, 0.717) is 31.5 Å². The fourth-order valence-electron chi connectivity index (χ4n) is 3.15. The van der Waals surface area contributed by atoms with Crippen LogP contribution in [-0.4, -0.2) is 50.9 Å². The van der Waals surface area contributed by atoms with Gasteiger partial charge in [0.15, 0.2) is 0 Å². The van der Waals surface area contributed by atoms with E-state index < -0.39 is 5.60 Å². The van der Waals surface area contributed by atoms with Gasteiger partial charge < -0.3 is 19.7 Å². The van der Waals surface area contributed by atoms with E-state index in [1.54, 1.807) is 11.5 Å². The first kappa shape index (κ1) is 16.7. The lowest BCUT2D eigenvalue weighted by molar-refractivity contribution is -0.0598. The van der Waals surface area contributed by atoms with Gasteiger partial charge in [0.05, 0.1) is 13.2 Å². The second kappa shape index (κ2) is 6.22. The van der Waals surface area contributed by atoms with Crippen LogP contribution in [0.4, 0.5) is 0 Å². The van der Waals surface area contributed by atoms with E-state index in [9.17, 15) is 19.8 Å². The summed E-state index contributed by atoms with van der Waals surface area (Å²) >= 11 is 0. The van der Waals surface area contributed by atoms with Gasteiger partial charge in [0.1, 0.15) is 11.2 Å². The number of likely N-dealkylation sites (tertiary alicyclic amines) is 1. The second-order valence-electron chi connectivity index (χ2n) is 6.11. The molecule has 1 unspecified atom stereocenters. The highest BCUT2D eigenvalue weighted by molar-refractivity contribution is 5.95. The maximum absolute atomic E-state index is 12.7. The molecule has 1 amide bonds. The van der Waals surface area contributed by atoms with E-state index in [4.69, 9.17) is 0 Å². The number of hydrogen-bond acceptors (Lipinski definition) is 4. The van der Waals surface area contributed by atoms with Gasteiger partial charge in [0.2, 0.25) is 0 Å². The third-order valence-corrected chi connectivity index (χ3v) is 4.37. The zero-order chi connectivity index (χ0) is 16.5. The maximum Gasteiger partial charge on any atom is 0.263 e. The van der Waals surface area contributed by atoms with E-state index >= 15 is 0 Å². The predicted molar refractivity (Wildman–Crippen MR) is 83.0 cm³/mol. The number of nitrogens with zero attached hydrogens (tertiary/aromatic N) is 2. The summed E-state index contributed by atoms with van der Waals surface area (Å²) in [5.74, 6) is -0.365. The Labute approximate surface area is 130 Å². The van der Waals surface area contributed by atoms with Crippen LogP contribution in [-0.2, 0) is 6.54 Å². The van der Waals surface area contributed by atoms with Gasteiger partial charge in [-0.05, 0) is 45.2 Å². The fourth-order valence-corrected chi connectivity index (χ4v) is 3.15. The summed E-state index contributed by atoms with van der Waals surface area (Å²) < 4.78 is 1.57. The summed E-state index contributed by atoms with van der Waals surface area (Å²) in [5.41, 5.74) is 0.0798. The van der Waals surface area contributed by atoms with Gasteiger partial charge in [-0.3, -0.25) is 9.59 Å². The zero-order valence-electron chi connectivity index (χ0n) is 13.4. The number of aliphatic hydroxyl groups excluding tert-OH is 1. The normalized spacial score (nSPS) is 22.0. The summed E-state index contributed by atoms with van der Waals surface area (Å²) in [6.07, 6.45) is 1.06. The molecule has 6 heteroatoms. The number of pyridine rings is 1. The number of aliphatic hydroxyl groups is 2. The van der Waals surface area contributed by atoms with Crippen LogP contribution in [0.1, 0.15) is 41.4 Å². The standard InChI is InChI=1S/C16H24N2O4/c1-4-18-12(3)8-11(2)13(15(18)21)14(20)17-7-5-6-16(22,9-17)10-19/h8,19,22H,4-7,9-10H2,1-3H3. The van der Waals surface area contributed by atoms with Gasteiger partial charge in [-0.1, -0.05) is 0 Å². The van der Waals surface area contributed by atoms with Crippen LogP contribution >= 0.6 is 0 Å². The lowest BCUT2D eigenvalue weighted by Crippen LogP contribution is -2.53. The minimum absolute atomic E-state index is 0.0568. The first-order valence-electron chi connectivity index (χ1n) is 7.66. The van der Waals surface area contributed by atoms with Gasteiger partial charge in [0, 0.05) is 18.8 Å². The van der Waals surface area contributed by atoms with Crippen LogP contribution in [0, 0.1) is 13.8 Å². The molecule has 1 aliphatic rings. The van der Waals surface area contributed by atoms with E-state index in [1.807, 2.05) is 19.9 Å². The molecule has 2 rings (SSSR count). The highest BCUT2D eigenvalue weighted by Gasteiger charge is 2.36. The summed E-state index contributed by atoms with van der Waals surface area (Å²) in [6, 6.07) is 1.83. The van der Waals surface area contributed by atoms with Crippen LogP contribution in [0.25, 0.3) is 0 Å². The van der Waals surface area contributed by atoms with Crippen LogP contribution < -0.4 is 5.56 Å². The Morgan fingerprint density at radius 1 is 1.41 bits per heavy atom. The Bertz CT molecular complexity index is 638. The molecule has 1 aromatic heterocycles. The highest BCUT2D eigenvalue weighted by Crippen LogP contribution is 2.22. The number of aromatic nitrogens is 1. The first-order valence-corrected chi connectivity index (χ1v) is 7.66. The summed E-state index contributed by atoms with van der Waals surface area (Å²) in [7, 11) is 0. The van der Waals surface area contributed by atoms with Crippen molar-refractivity contribution in [2.45, 2.75) is 45.8 Å². The minimum Gasteiger partial charge on any atom is -0.393 e. The van der Waals surface area contributed by atoms with Gasteiger partial charge in [0.25, 0.3) is 11.5 Å². The summed E-state index contributed by atoms with van der Waals surface area (Å²) in [6.45, 7) is 6.13. The van der Waals surface area contributed by atoms with Crippen molar-refractivity contribution in [1.29, 1.82) is 0 Å². The number of hydrogen-bond donors (Lipinski definition) is 2. The lowest BCUT2D eigenvalue weighted by atomic mass is 9.93. The number of carbonyl (C=O) groups is 1. The maximum atomic E-state index is 12.7. The van der Waals surface area contributed by atoms with Crippen molar-refractivity contribution in [3.05, 3.63) is 33.2 Å². The number of piperidine rings is 1.